The summed E-state index contributed by atoms with van der Waals surface area (Å²) in [7, 11) is 4.87. The minimum Gasteiger partial charge on any atom is -0.493 e. The first-order valence-corrected chi connectivity index (χ1v) is 10.8. The third kappa shape index (κ3) is 3.99. The molecule has 4 rings (SSSR count). The van der Waals surface area contributed by atoms with Crippen molar-refractivity contribution in [2.24, 2.45) is 0 Å². The monoisotopic (exact) mass is 430 g/mol. The smallest absolute Gasteiger partial charge is 0.259 e. The molecule has 0 radical (unpaired) electrons. The van der Waals surface area contributed by atoms with Crippen LogP contribution in [0.15, 0.2) is 22.1 Å². The van der Waals surface area contributed by atoms with Crippen molar-refractivity contribution in [3.63, 3.8) is 0 Å². The Balaban J connectivity index is 1.59. The Labute approximate surface area is 179 Å². The molecule has 0 aliphatic carbocycles. The molecule has 160 valence electrons. The van der Waals surface area contributed by atoms with E-state index in [4.69, 9.17) is 18.6 Å². The van der Waals surface area contributed by atoms with Crippen molar-refractivity contribution in [3.05, 3.63) is 34.8 Å². The second kappa shape index (κ2) is 9.01. The van der Waals surface area contributed by atoms with Gasteiger partial charge >= 0.3 is 0 Å². The van der Waals surface area contributed by atoms with E-state index in [1.165, 1.54) is 11.3 Å². The highest BCUT2D eigenvalue weighted by Crippen LogP contribution is 2.40. The van der Waals surface area contributed by atoms with Crippen LogP contribution in [0.3, 0.4) is 0 Å². The first-order chi connectivity index (χ1) is 14.6. The average Bonchev–Trinajstić information content (AvgIpc) is 3.42. The summed E-state index contributed by atoms with van der Waals surface area (Å²) in [6.45, 7) is 3.63. The van der Waals surface area contributed by atoms with Gasteiger partial charge in [0.1, 0.15) is 4.88 Å². The van der Waals surface area contributed by atoms with E-state index in [2.05, 4.69) is 20.1 Å². The summed E-state index contributed by atoms with van der Waals surface area (Å²) in [5.74, 6) is 3.11. The lowest BCUT2D eigenvalue weighted by molar-refractivity contribution is 0.118. The molecule has 9 heteroatoms. The van der Waals surface area contributed by atoms with Crippen molar-refractivity contribution >= 4 is 11.3 Å². The van der Waals surface area contributed by atoms with E-state index in [0.717, 1.165) is 48.5 Å². The molecule has 1 saturated heterocycles. The largest absolute Gasteiger partial charge is 0.493 e. The van der Waals surface area contributed by atoms with Gasteiger partial charge in [-0.15, -0.1) is 21.5 Å². The minimum atomic E-state index is 0.0762. The molecule has 1 aromatic carbocycles. The number of aromatic nitrogens is 3. The van der Waals surface area contributed by atoms with Crippen LogP contribution in [-0.2, 0) is 6.54 Å². The maximum Gasteiger partial charge on any atom is 0.259 e. The number of hydrogen-bond donors (Lipinski definition) is 0. The van der Waals surface area contributed by atoms with Gasteiger partial charge in [0.2, 0.25) is 11.6 Å². The Morgan fingerprint density at radius 1 is 1.10 bits per heavy atom. The third-order valence-electron chi connectivity index (χ3n) is 5.39. The quantitative estimate of drug-likeness (QED) is 0.550. The van der Waals surface area contributed by atoms with E-state index in [9.17, 15) is 0 Å². The number of hydrogen-bond acceptors (Lipinski definition) is 9. The molecule has 0 amide bonds. The summed E-state index contributed by atoms with van der Waals surface area (Å²) in [4.78, 5) is 7.59. The first kappa shape index (κ1) is 20.6. The molecular weight excluding hydrogens is 404 g/mol. The topological polar surface area (TPSA) is 82.7 Å². The van der Waals surface area contributed by atoms with Gasteiger partial charge in [-0.25, -0.2) is 4.98 Å². The Kier molecular flexibility index (Phi) is 6.19. The number of thiazole rings is 1. The third-order valence-corrected chi connectivity index (χ3v) is 6.31. The van der Waals surface area contributed by atoms with E-state index < -0.39 is 0 Å². The maximum absolute atomic E-state index is 6.08. The minimum absolute atomic E-state index is 0.0762. The van der Waals surface area contributed by atoms with Crippen LogP contribution in [0.25, 0.3) is 10.8 Å². The summed E-state index contributed by atoms with van der Waals surface area (Å²) in [6.07, 6.45) is 3.25. The Morgan fingerprint density at radius 3 is 2.50 bits per heavy atom. The molecule has 30 heavy (non-hydrogen) atoms. The molecule has 1 unspecified atom stereocenters. The Morgan fingerprint density at radius 2 is 1.87 bits per heavy atom. The van der Waals surface area contributed by atoms with Crippen LogP contribution in [0, 0.1) is 6.92 Å². The van der Waals surface area contributed by atoms with Gasteiger partial charge < -0.3 is 18.6 Å². The maximum atomic E-state index is 6.08. The van der Waals surface area contributed by atoms with Crippen molar-refractivity contribution in [1.82, 2.24) is 20.1 Å². The molecule has 8 nitrogen and oxygen atoms in total. The van der Waals surface area contributed by atoms with Crippen LogP contribution in [0.4, 0.5) is 0 Å². The second-order valence-electron chi connectivity index (χ2n) is 7.23. The number of likely N-dealkylation sites (tertiary alicyclic amines) is 1. The molecule has 0 N–H and O–H groups in total. The molecule has 3 heterocycles. The molecule has 1 fully saturated rings. The molecule has 1 aliphatic heterocycles. The van der Waals surface area contributed by atoms with E-state index in [-0.39, 0.29) is 6.04 Å². The fourth-order valence-electron chi connectivity index (χ4n) is 3.89. The fraction of sp³-hybridized carbons (Fsp3) is 0.476. The zero-order valence-electron chi connectivity index (χ0n) is 17.7. The Hall–Kier alpha value is -2.65. The predicted molar refractivity (Wildman–Crippen MR) is 113 cm³/mol. The molecule has 3 aromatic rings. The number of piperidine rings is 1. The average molecular weight is 431 g/mol. The van der Waals surface area contributed by atoms with Gasteiger partial charge in [0, 0.05) is 6.54 Å². The molecule has 0 bridgehead atoms. The molecular formula is C21H26N4O4S. The number of methoxy groups -OCH3 is 3. The normalized spacial score (nSPS) is 17.1. The number of nitrogens with zero attached hydrogens (tertiary/aromatic N) is 4. The van der Waals surface area contributed by atoms with Crippen LogP contribution in [0.2, 0.25) is 0 Å². The van der Waals surface area contributed by atoms with Crippen LogP contribution >= 0.6 is 11.3 Å². The van der Waals surface area contributed by atoms with Crippen LogP contribution < -0.4 is 14.2 Å². The summed E-state index contributed by atoms with van der Waals surface area (Å²) in [5, 5.41) is 8.66. The van der Waals surface area contributed by atoms with Crippen LogP contribution in [0.1, 0.15) is 42.5 Å². The van der Waals surface area contributed by atoms with Crippen molar-refractivity contribution < 1.29 is 18.6 Å². The van der Waals surface area contributed by atoms with Gasteiger partial charge in [-0.1, -0.05) is 6.42 Å². The molecule has 1 atom stereocenters. The van der Waals surface area contributed by atoms with Gasteiger partial charge in [-0.2, -0.15) is 0 Å². The van der Waals surface area contributed by atoms with Gasteiger partial charge in [-0.3, -0.25) is 4.90 Å². The van der Waals surface area contributed by atoms with Gasteiger partial charge in [0.15, 0.2) is 11.5 Å². The van der Waals surface area contributed by atoms with E-state index >= 15 is 0 Å². The summed E-state index contributed by atoms with van der Waals surface area (Å²) >= 11 is 1.52. The van der Waals surface area contributed by atoms with Crippen molar-refractivity contribution in [3.8, 4) is 28.0 Å². The molecule has 0 saturated carbocycles. The first-order valence-electron chi connectivity index (χ1n) is 9.91. The van der Waals surface area contributed by atoms with Crippen molar-refractivity contribution in [2.45, 2.75) is 38.8 Å². The fourth-order valence-corrected chi connectivity index (χ4v) is 4.61. The highest BCUT2D eigenvalue weighted by atomic mass is 32.1. The number of aryl methyl sites for hydroxylation is 1. The summed E-state index contributed by atoms with van der Waals surface area (Å²) < 4.78 is 22.5. The predicted octanol–water partition coefficient (Wildman–Crippen LogP) is 4.25. The molecule has 0 spiro atoms. The van der Waals surface area contributed by atoms with Crippen molar-refractivity contribution in [2.75, 3.05) is 27.9 Å². The van der Waals surface area contributed by atoms with Crippen LogP contribution in [-0.4, -0.2) is 48.0 Å². The zero-order valence-corrected chi connectivity index (χ0v) is 18.5. The van der Waals surface area contributed by atoms with Gasteiger partial charge in [-0.05, 0) is 44.0 Å². The van der Waals surface area contributed by atoms with E-state index in [1.54, 1.807) is 26.8 Å². The number of rotatable bonds is 7. The lowest BCUT2D eigenvalue weighted by Crippen LogP contribution is -2.33. The van der Waals surface area contributed by atoms with Gasteiger partial charge in [0.25, 0.3) is 5.89 Å². The van der Waals surface area contributed by atoms with E-state index in [1.807, 2.05) is 19.1 Å². The summed E-state index contributed by atoms with van der Waals surface area (Å²) in [6, 6.07) is 4.06. The van der Waals surface area contributed by atoms with Gasteiger partial charge in [0.05, 0.1) is 38.6 Å². The summed E-state index contributed by atoms with van der Waals surface area (Å²) in [5.41, 5.74) is 3.79. The molecule has 1 aliphatic rings. The SMILES string of the molecule is COc1cc(CN2CCCCC2c2nnc(-c3scnc3C)o2)cc(OC)c1OC. The Bertz CT molecular complexity index is 978. The number of ether oxygens (including phenoxy) is 3. The zero-order chi connectivity index (χ0) is 21.1. The number of benzene rings is 1. The lowest BCUT2D eigenvalue weighted by Gasteiger charge is -2.33. The molecule has 2 aromatic heterocycles. The van der Waals surface area contributed by atoms with Crippen LogP contribution in [0.5, 0.6) is 17.2 Å². The highest BCUT2D eigenvalue weighted by Gasteiger charge is 2.30. The lowest BCUT2D eigenvalue weighted by atomic mass is 10.0. The second-order valence-corrected chi connectivity index (χ2v) is 8.08. The highest BCUT2D eigenvalue weighted by molar-refractivity contribution is 7.13. The van der Waals surface area contributed by atoms with Crippen molar-refractivity contribution in [1.29, 1.82) is 0 Å². The van der Waals surface area contributed by atoms with E-state index in [0.29, 0.717) is 29.0 Å². The standard InChI is InChI=1S/C21H26N4O4S/c1-13-19(30-12-22-13)21-24-23-20(29-21)15-7-5-6-8-25(15)11-14-9-16(26-2)18(28-4)17(10-14)27-3/h9-10,12,15H,5-8,11H2,1-4H3.